The number of benzene rings is 2. The molecule has 5 rings (SSSR count). The van der Waals surface area contributed by atoms with Crippen molar-refractivity contribution in [2.45, 2.75) is 13.0 Å². The van der Waals surface area contributed by atoms with Gasteiger partial charge >= 0.3 is 0 Å². The molecule has 3 heterocycles. The highest BCUT2D eigenvalue weighted by molar-refractivity contribution is 5.97. The van der Waals surface area contributed by atoms with E-state index in [2.05, 4.69) is 20.3 Å². The maximum absolute atomic E-state index is 15.1. The molecule has 7 nitrogen and oxygen atoms in total. The summed E-state index contributed by atoms with van der Waals surface area (Å²) in [6.07, 6.45) is 3.00. The van der Waals surface area contributed by atoms with Crippen LogP contribution in [0.15, 0.2) is 48.9 Å². The van der Waals surface area contributed by atoms with Crippen LogP contribution in [0.25, 0.3) is 21.8 Å². The Labute approximate surface area is 178 Å². The summed E-state index contributed by atoms with van der Waals surface area (Å²) in [6.45, 7) is 3.34. The molecule has 4 aromatic rings. The van der Waals surface area contributed by atoms with Gasteiger partial charge in [0.25, 0.3) is 0 Å². The Morgan fingerprint density at radius 3 is 2.77 bits per heavy atom. The fourth-order valence-electron chi connectivity index (χ4n) is 3.60. The van der Waals surface area contributed by atoms with E-state index in [1.165, 1.54) is 6.33 Å². The predicted octanol–water partition coefficient (Wildman–Crippen LogP) is 4.48. The SMILES string of the molecule is COc1cc(O[C@H](C)C2COC2)c2c(Nc3ccc4ncccc4c3F)ncnc2c1. The molecule has 1 saturated heterocycles. The quantitative estimate of drug-likeness (QED) is 0.493. The van der Waals surface area contributed by atoms with E-state index >= 15 is 4.39 Å². The Hall–Kier alpha value is -3.52. The smallest absolute Gasteiger partial charge is 0.156 e. The van der Waals surface area contributed by atoms with E-state index in [0.717, 1.165) is 0 Å². The van der Waals surface area contributed by atoms with Crippen LogP contribution in [0.3, 0.4) is 0 Å². The molecule has 158 valence electrons. The first-order chi connectivity index (χ1) is 15.1. The van der Waals surface area contributed by atoms with E-state index in [0.29, 0.717) is 63.9 Å². The van der Waals surface area contributed by atoms with Crippen LogP contribution in [0.2, 0.25) is 0 Å². The summed E-state index contributed by atoms with van der Waals surface area (Å²) >= 11 is 0. The van der Waals surface area contributed by atoms with E-state index in [1.54, 1.807) is 49.7 Å². The average Bonchev–Trinajstić information content (AvgIpc) is 2.74. The largest absolute Gasteiger partial charge is 0.497 e. The lowest BCUT2D eigenvalue weighted by atomic mass is 10.0. The van der Waals surface area contributed by atoms with Crippen molar-refractivity contribution in [2.75, 3.05) is 25.6 Å². The summed E-state index contributed by atoms with van der Waals surface area (Å²) < 4.78 is 32.1. The molecule has 0 saturated carbocycles. The third kappa shape index (κ3) is 3.59. The molecule has 1 aliphatic rings. The topological polar surface area (TPSA) is 78.4 Å². The highest BCUT2D eigenvalue weighted by atomic mass is 19.1. The molecule has 31 heavy (non-hydrogen) atoms. The standard InChI is InChI=1S/C23H21FN4O3/c1-13(14-10-30-11-14)31-20-9-15(29-2)8-19-21(20)23(27-12-26-19)28-18-6-5-17-16(22(18)24)4-3-7-25-17/h3-9,12-14H,10-11H2,1-2H3,(H,26,27,28)/t13-/m1/s1. The summed E-state index contributed by atoms with van der Waals surface area (Å²) in [6, 6.07) is 10.4. The van der Waals surface area contributed by atoms with Crippen LogP contribution in [0.4, 0.5) is 15.9 Å². The van der Waals surface area contributed by atoms with Crippen LogP contribution < -0.4 is 14.8 Å². The molecule has 0 bridgehead atoms. The number of nitrogens with one attached hydrogen (secondary N) is 1. The van der Waals surface area contributed by atoms with E-state index in [9.17, 15) is 0 Å². The van der Waals surface area contributed by atoms with Gasteiger partial charge in [-0.1, -0.05) is 0 Å². The zero-order valence-electron chi connectivity index (χ0n) is 17.1. The van der Waals surface area contributed by atoms with E-state index in [4.69, 9.17) is 14.2 Å². The maximum Gasteiger partial charge on any atom is 0.156 e. The van der Waals surface area contributed by atoms with Crippen LogP contribution in [0, 0.1) is 11.7 Å². The molecule has 8 heteroatoms. The zero-order valence-corrected chi connectivity index (χ0v) is 17.1. The summed E-state index contributed by atoms with van der Waals surface area (Å²) in [4.78, 5) is 12.9. The summed E-state index contributed by atoms with van der Waals surface area (Å²) in [5.74, 6) is 1.55. The van der Waals surface area contributed by atoms with Gasteiger partial charge in [-0.3, -0.25) is 4.98 Å². The van der Waals surface area contributed by atoms with Gasteiger partial charge in [0.05, 0.1) is 42.4 Å². The van der Waals surface area contributed by atoms with Gasteiger partial charge in [-0.25, -0.2) is 14.4 Å². The Morgan fingerprint density at radius 2 is 2.00 bits per heavy atom. The number of ether oxygens (including phenoxy) is 3. The minimum Gasteiger partial charge on any atom is -0.497 e. The first-order valence-electron chi connectivity index (χ1n) is 10.0. The number of pyridine rings is 1. The van der Waals surface area contributed by atoms with Crippen molar-refractivity contribution in [1.29, 1.82) is 0 Å². The Morgan fingerprint density at radius 1 is 1.13 bits per heavy atom. The molecule has 1 N–H and O–H groups in total. The molecular formula is C23H21FN4O3. The number of hydrogen-bond acceptors (Lipinski definition) is 7. The number of fused-ring (bicyclic) bond motifs is 2. The monoisotopic (exact) mass is 420 g/mol. The molecule has 2 aromatic heterocycles. The molecule has 0 unspecified atom stereocenters. The van der Waals surface area contributed by atoms with Crippen molar-refractivity contribution in [1.82, 2.24) is 15.0 Å². The predicted molar refractivity (Wildman–Crippen MR) is 115 cm³/mol. The highest BCUT2D eigenvalue weighted by Crippen LogP contribution is 2.37. The third-order valence-electron chi connectivity index (χ3n) is 5.52. The second-order valence-electron chi connectivity index (χ2n) is 7.48. The third-order valence-corrected chi connectivity index (χ3v) is 5.52. The Kier molecular flexibility index (Phi) is 4.99. The number of nitrogens with zero attached hydrogens (tertiary/aromatic N) is 3. The minimum atomic E-state index is -0.395. The van der Waals surface area contributed by atoms with Crippen molar-refractivity contribution in [3.8, 4) is 11.5 Å². The van der Waals surface area contributed by atoms with Gasteiger partial charge in [0.1, 0.15) is 29.7 Å². The Bertz CT molecular complexity index is 1260. The van der Waals surface area contributed by atoms with Gasteiger partial charge in [-0.2, -0.15) is 0 Å². The van der Waals surface area contributed by atoms with Crippen molar-refractivity contribution in [2.24, 2.45) is 5.92 Å². The van der Waals surface area contributed by atoms with Crippen molar-refractivity contribution in [3.05, 3.63) is 54.7 Å². The molecule has 0 spiro atoms. The molecule has 1 fully saturated rings. The summed E-state index contributed by atoms with van der Waals surface area (Å²) in [7, 11) is 1.59. The number of rotatable bonds is 6. The number of methoxy groups -OCH3 is 1. The molecule has 1 aliphatic heterocycles. The second-order valence-corrected chi connectivity index (χ2v) is 7.48. The van der Waals surface area contributed by atoms with Gasteiger partial charge in [0.2, 0.25) is 0 Å². The van der Waals surface area contributed by atoms with Gasteiger partial charge in [0, 0.05) is 29.6 Å². The Balaban J connectivity index is 1.59. The first-order valence-corrected chi connectivity index (χ1v) is 10.0. The van der Waals surface area contributed by atoms with Crippen LogP contribution in [-0.2, 0) is 4.74 Å². The van der Waals surface area contributed by atoms with E-state index in [1.807, 2.05) is 6.92 Å². The lowest BCUT2D eigenvalue weighted by Gasteiger charge is -2.32. The van der Waals surface area contributed by atoms with Gasteiger partial charge < -0.3 is 19.5 Å². The van der Waals surface area contributed by atoms with Gasteiger partial charge in [-0.15, -0.1) is 0 Å². The number of anilines is 2. The molecule has 0 aliphatic carbocycles. The lowest BCUT2D eigenvalue weighted by molar-refractivity contribution is -0.0774. The number of hydrogen-bond donors (Lipinski definition) is 1. The first kappa shape index (κ1) is 19.4. The van der Waals surface area contributed by atoms with Crippen LogP contribution >= 0.6 is 0 Å². The molecule has 2 aromatic carbocycles. The summed E-state index contributed by atoms with van der Waals surface area (Å²) in [5, 5.41) is 4.20. The fraction of sp³-hybridized carbons (Fsp3) is 0.261. The average molecular weight is 420 g/mol. The molecular weight excluding hydrogens is 399 g/mol. The lowest BCUT2D eigenvalue weighted by Crippen LogP contribution is -2.39. The fourth-order valence-corrected chi connectivity index (χ4v) is 3.60. The molecule has 0 radical (unpaired) electrons. The van der Waals surface area contributed by atoms with Gasteiger partial charge in [0.15, 0.2) is 5.82 Å². The van der Waals surface area contributed by atoms with Crippen molar-refractivity contribution >= 4 is 33.3 Å². The van der Waals surface area contributed by atoms with Crippen molar-refractivity contribution < 1.29 is 18.6 Å². The zero-order chi connectivity index (χ0) is 21.4. The minimum absolute atomic E-state index is 0.0689. The second kappa shape index (κ2) is 7.96. The molecule has 0 amide bonds. The van der Waals surface area contributed by atoms with Crippen LogP contribution in [0.1, 0.15) is 6.92 Å². The summed E-state index contributed by atoms with van der Waals surface area (Å²) in [5.41, 5.74) is 1.51. The van der Waals surface area contributed by atoms with E-state index in [-0.39, 0.29) is 6.10 Å². The molecule has 1 atom stereocenters. The van der Waals surface area contributed by atoms with Crippen LogP contribution in [-0.4, -0.2) is 41.4 Å². The normalized spacial score (nSPS) is 14.9. The number of halogens is 1. The van der Waals surface area contributed by atoms with Crippen molar-refractivity contribution in [3.63, 3.8) is 0 Å². The highest BCUT2D eigenvalue weighted by Gasteiger charge is 2.27. The van der Waals surface area contributed by atoms with E-state index < -0.39 is 5.82 Å². The van der Waals surface area contributed by atoms with Gasteiger partial charge in [-0.05, 0) is 31.2 Å². The van der Waals surface area contributed by atoms with Crippen LogP contribution in [0.5, 0.6) is 11.5 Å². The maximum atomic E-state index is 15.1. The number of aromatic nitrogens is 3.